The third-order valence-electron chi connectivity index (χ3n) is 4.84. The molecule has 3 nitrogen and oxygen atoms in total. The largest absolute Gasteiger partial charge is 0.381 e. The van der Waals surface area contributed by atoms with Crippen molar-refractivity contribution >= 4 is 5.78 Å². The maximum Gasteiger partial charge on any atom is 0.155 e. The van der Waals surface area contributed by atoms with E-state index in [4.69, 9.17) is 10.5 Å². The van der Waals surface area contributed by atoms with E-state index in [1.165, 1.54) is 6.42 Å². The summed E-state index contributed by atoms with van der Waals surface area (Å²) in [7, 11) is 0. The Bertz CT molecular complexity index is 284. The number of hydrogen-bond donors (Lipinski definition) is 1. The maximum atomic E-state index is 12.5. The molecule has 0 amide bonds. The van der Waals surface area contributed by atoms with Crippen LogP contribution in [-0.4, -0.2) is 24.5 Å². The number of carbonyl (C=O) groups is 1. The van der Waals surface area contributed by atoms with Gasteiger partial charge in [-0.25, -0.2) is 0 Å². The Hall–Kier alpha value is -0.410. The topological polar surface area (TPSA) is 52.3 Å². The van der Waals surface area contributed by atoms with Crippen LogP contribution in [0, 0.1) is 17.8 Å². The van der Waals surface area contributed by atoms with Gasteiger partial charge in [-0.3, -0.25) is 4.79 Å². The van der Waals surface area contributed by atoms with E-state index in [-0.39, 0.29) is 5.92 Å². The van der Waals surface area contributed by atoms with Gasteiger partial charge in [0.2, 0.25) is 0 Å². The van der Waals surface area contributed by atoms with Gasteiger partial charge in [-0.2, -0.15) is 0 Å². The van der Waals surface area contributed by atoms with E-state index in [9.17, 15) is 4.79 Å². The molecule has 2 fully saturated rings. The minimum atomic E-state index is -0.594. The number of ketones is 1. The summed E-state index contributed by atoms with van der Waals surface area (Å²) < 4.78 is 5.31. The fourth-order valence-corrected chi connectivity index (χ4v) is 3.17. The van der Waals surface area contributed by atoms with Crippen LogP contribution >= 0.6 is 0 Å². The Morgan fingerprint density at radius 2 is 1.82 bits per heavy atom. The van der Waals surface area contributed by atoms with Crippen molar-refractivity contribution in [2.24, 2.45) is 23.5 Å². The van der Waals surface area contributed by atoms with Crippen LogP contribution in [0.15, 0.2) is 0 Å². The first-order chi connectivity index (χ1) is 8.03. The first-order valence-corrected chi connectivity index (χ1v) is 6.94. The molecule has 2 N–H and O–H groups in total. The molecule has 0 radical (unpaired) electrons. The van der Waals surface area contributed by atoms with E-state index in [0.717, 1.165) is 18.8 Å². The average molecular weight is 239 g/mol. The molecule has 3 atom stereocenters. The molecular formula is C14H25NO2. The number of nitrogens with two attached hydrogens (primary N) is 1. The summed E-state index contributed by atoms with van der Waals surface area (Å²) in [6.45, 7) is 5.83. The zero-order valence-corrected chi connectivity index (χ0v) is 11.1. The summed E-state index contributed by atoms with van der Waals surface area (Å²) >= 11 is 0. The Morgan fingerprint density at radius 1 is 1.18 bits per heavy atom. The van der Waals surface area contributed by atoms with Crippen LogP contribution in [0.4, 0.5) is 0 Å². The van der Waals surface area contributed by atoms with Crippen LogP contribution in [0.3, 0.4) is 0 Å². The quantitative estimate of drug-likeness (QED) is 0.803. The minimum absolute atomic E-state index is 0.198. The SMILES string of the molecule is CC1CCC(C(=O)C2(N)CCOCC2)CC1C. The van der Waals surface area contributed by atoms with Crippen LogP contribution in [0.1, 0.15) is 46.0 Å². The van der Waals surface area contributed by atoms with E-state index in [2.05, 4.69) is 13.8 Å². The summed E-state index contributed by atoms with van der Waals surface area (Å²) in [6.07, 6.45) is 4.63. The van der Waals surface area contributed by atoms with Gasteiger partial charge >= 0.3 is 0 Å². The standard InChI is InChI=1S/C14H25NO2/c1-10-3-4-12(9-11(10)2)13(16)14(15)5-7-17-8-6-14/h10-12H,3-9,15H2,1-2H3. The predicted octanol–water partition coefficient (Wildman–Crippen LogP) is 2.14. The van der Waals surface area contributed by atoms with Crippen LogP contribution in [0.5, 0.6) is 0 Å². The van der Waals surface area contributed by atoms with E-state index >= 15 is 0 Å². The zero-order chi connectivity index (χ0) is 12.5. The fraction of sp³-hybridized carbons (Fsp3) is 0.929. The van der Waals surface area contributed by atoms with Gasteiger partial charge in [0, 0.05) is 19.1 Å². The number of Topliss-reactive ketones (excluding diaryl/α,β-unsaturated/α-hetero) is 1. The molecule has 1 saturated heterocycles. The highest BCUT2D eigenvalue weighted by Gasteiger charge is 2.41. The summed E-state index contributed by atoms with van der Waals surface area (Å²) in [5.74, 6) is 1.91. The highest BCUT2D eigenvalue weighted by Crippen LogP contribution is 2.36. The molecule has 1 saturated carbocycles. The second-order valence-electron chi connectivity index (χ2n) is 6.10. The van der Waals surface area contributed by atoms with Gasteiger partial charge in [0.15, 0.2) is 5.78 Å². The van der Waals surface area contributed by atoms with Crippen molar-refractivity contribution in [1.82, 2.24) is 0 Å². The molecule has 3 unspecified atom stereocenters. The lowest BCUT2D eigenvalue weighted by Gasteiger charge is -2.38. The molecule has 17 heavy (non-hydrogen) atoms. The van der Waals surface area contributed by atoms with E-state index in [0.29, 0.717) is 37.8 Å². The molecule has 2 rings (SSSR count). The molecule has 0 aromatic carbocycles. The number of rotatable bonds is 2. The van der Waals surface area contributed by atoms with Crippen molar-refractivity contribution in [3.05, 3.63) is 0 Å². The van der Waals surface area contributed by atoms with Gasteiger partial charge in [-0.15, -0.1) is 0 Å². The lowest BCUT2D eigenvalue weighted by atomic mass is 9.69. The second-order valence-corrected chi connectivity index (χ2v) is 6.10. The van der Waals surface area contributed by atoms with Crippen molar-refractivity contribution in [2.75, 3.05) is 13.2 Å². The molecular weight excluding hydrogens is 214 g/mol. The highest BCUT2D eigenvalue weighted by molar-refractivity contribution is 5.90. The lowest BCUT2D eigenvalue weighted by molar-refractivity contribution is -0.133. The molecule has 98 valence electrons. The summed E-state index contributed by atoms with van der Waals surface area (Å²) in [5, 5.41) is 0. The van der Waals surface area contributed by atoms with Crippen molar-refractivity contribution in [3.8, 4) is 0 Å². The van der Waals surface area contributed by atoms with Gasteiger partial charge in [-0.1, -0.05) is 13.8 Å². The molecule has 3 heteroatoms. The van der Waals surface area contributed by atoms with Crippen LogP contribution in [0.25, 0.3) is 0 Å². The van der Waals surface area contributed by atoms with Crippen molar-refractivity contribution in [2.45, 2.75) is 51.5 Å². The minimum Gasteiger partial charge on any atom is -0.381 e. The third-order valence-corrected chi connectivity index (χ3v) is 4.84. The Kier molecular flexibility index (Phi) is 3.88. The Balaban J connectivity index is 1.99. The van der Waals surface area contributed by atoms with Crippen LogP contribution in [0.2, 0.25) is 0 Å². The van der Waals surface area contributed by atoms with E-state index < -0.39 is 5.54 Å². The first-order valence-electron chi connectivity index (χ1n) is 6.94. The Labute approximate surface area is 104 Å². The van der Waals surface area contributed by atoms with E-state index in [1.807, 2.05) is 0 Å². The van der Waals surface area contributed by atoms with Gasteiger partial charge < -0.3 is 10.5 Å². The van der Waals surface area contributed by atoms with Gasteiger partial charge in [0.05, 0.1) is 5.54 Å². The molecule has 0 aromatic rings. The number of ether oxygens (including phenoxy) is 1. The number of hydrogen-bond acceptors (Lipinski definition) is 3. The average Bonchev–Trinajstić information content (AvgIpc) is 2.33. The molecule has 0 spiro atoms. The van der Waals surface area contributed by atoms with E-state index in [1.54, 1.807) is 0 Å². The molecule has 0 bridgehead atoms. The molecule has 1 aliphatic carbocycles. The molecule has 1 aliphatic heterocycles. The third kappa shape index (κ3) is 2.71. The van der Waals surface area contributed by atoms with Crippen LogP contribution < -0.4 is 5.73 Å². The molecule has 1 heterocycles. The van der Waals surface area contributed by atoms with Gasteiger partial charge in [0.25, 0.3) is 0 Å². The molecule has 2 aliphatic rings. The van der Waals surface area contributed by atoms with Crippen LogP contribution in [-0.2, 0) is 9.53 Å². The second kappa shape index (κ2) is 5.07. The summed E-state index contributed by atoms with van der Waals surface area (Å²) in [5.41, 5.74) is 5.69. The van der Waals surface area contributed by atoms with Crippen molar-refractivity contribution in [1.29, 1.82) is 0 Å². The van der Waals surface area contributed by atoms with Crippen molar-refractivity contribution < 1.29 is 9.53 Å². The smallest absolute Gasteiger partial charge is 0.155 e. The predicted molar refractivity (Wildman–Crippen MR) is 67.6 cm³/mol. The number of carbonyl (C=O) groups excluding carboxylic acids is 1. The Morgan fingerprint density at radius 3 is 2.41 bits per heavy atom. The highest BCUT2D eigenvalue weighted by atomic mass is 16.5. The van der Waals surface area contributed by atoms with Crippen molar-refractivity contribution in [3.63, 3.8) is 0 Å². The fourth-order valence-electron chi connectivity index (χ4n) is 3.17. The maximum absolute atomic E-state index is 12.5. The summed E-state index contributed by atoms with van der Waals surface area (Å²) in [6, 6.07) is 0. The van der Waals surface area contributed by atoms with Gasteiger partial charge in [-0.05, 0) is 43.9 Å². The summed E-state index contributed by atoms with van der Waals surface area (Å²) in [4.78, 5) is 12.5. The van der Waals surface area contributed by atoms with Gasteiger partial charge in [0.1, 0.15) is 0 Å². The first kappa shape index (κ1) is 13.0. The zero-order valence-electron chi connectivity index (χ0n) is 11.1. The molecule has 0 aromatic heterocycles. The normalized spacial score (nSPS) is 37.7. The lowest BCUT2D eigenvalue weighted by Crippen LogP contribution is -2.55. The monoisotopic (exact) mass is 239 g/mol.